The van der Waals surface area contributed by atoms with Crippen LogP contribution in [0.15, 0.2) is 24.3 Å². The van der Waals surface area contributed by atoms with Crippen molar-refractivity contribution in [1.29, 1.82) is 5.26 Å². The van der Waals surface area contributed by atoms with Crippen molar-refractivity contribution in [3.63, 3.8) is 0 Å². The van der Waals surface area contributed by atoms with Gasteiger partial charge in [-0.15, -0.1) is 0 Å². The number of rotatable bonds is 8. The number of hydrogen-bond donors (Lipinski definition) is 0. The molecule has 4 nitrogen and oxygen atoms in total. The first-order chi connectivity index (χ1) is 9.58. The lowest BCUT2D eigenvalue weighted by atomic mass is 9.94. The number of ketones is 1. The van der Waals surface area contributed by atoms with Gasteiger partial charge in [0.25, 0.3) is 0 Å². The Morgan fingerprint density at radius 3 is 2.50 bits per heavy atom. The second kappa shape index (κ2) is 8.23. The maximum absolute atomic E-state index is 12.0. The summed E-state index contributed by atoms with van der Waals surface area (Å²) in [6.07, 6.45) is 0.140. The predicted octanol–water partition coefficient (Wildman–Crippen LogP) is 2.89. The van der Waals surface area contributed by atoms with E-state index < -0.39 is 12.5 Å². The standard InChI is InChI=1S/C14H15F2NO3/c1-2-19-8-7-13(18)12(9-17)10-3-5-11(6-4-10)20-14(15)16/h3-6,12,14H,2,7-8H2,1H3. The Morgan fingerprint density at radius 2 is 2.00 bits per heavy atom. The van der Waals surface area contributed by atoms with Crippen LogP contribution in [0.5, 0.6) is 5.75 Å². The van der Waals surface area contributed by atoms with Crippen LogP contribution in [0.3, 0.4) is 0 Å². The molecule has 0 heterocycles. The topological polar surface area (TPSA) is 59.3 Å². The highest BCUT2D eigenvalue weighted by Crippen LogP contribution is 2.22. The Labute approximate surface area is 115 Å². The minimum atomic E-state index is -2.90. The number of nitriles is 1. The summed E-state index contributed by atoms with van der Waals surface area (Å²) in [5.74, 6) is -1.19. The van der Waals surface area contributed by atoms with Crippen molar-refractivity contribution in [2.24, 2.45) is 0 Å². The van der Waals surface area contributed by atoms with E-state index in [1.165, 1.54) is 24.3 Å². The molecular weight excluding hydrogens is 268 g/mol. The summed E-state index contributed by atoms with van der Waals surface area (Å²) in [6, 6.07) is 7.40. The molecule has 0 radical (unpaired) electrons. The third-order valence-corrected chi connectivity index (χ3v) is 2.59. The molecule has 0 amide bonds. The zero-order valence-electron chi connectivity index (χ0n) is 11.0. The van der Waals surface area contributed by atoms with E-state index in [9.17, 15) is 13.6 Å². The van der Waals surface area contributed by atoms with Crippen molar-refractivity contribution in [3.8, 4) is 11.8 Å². The van der Waals surface area contributed by atoms with Crippen LogP contribution >= 0.6 is 0 Å². The SMILES string of the molecule is CCOCCC(=O)C(C#N)c1ccc(OC(F)F)cc1. The molecule has 20 heavy (non-hydrogen) atoms. The van der Waals surface area contributed by atoms with Gasteiger partial charge in [0.15, 0.2) is 5.78 Å². The highest BCUT2D eigenvalue weighted by molar-refractivity contribution is 5.88. The van der Waals surface area contributed by atoms with Gasteiger partial charge in [0.2, 0.25) is 0 Å². The molecular formula is C14H15F2NO3. The molecule has 0 aliphatic heterocycles. The quantitative estimate of drug-likeness (QED) is 0.688. The fourth-order valence-corrected chi connectivity index (χ4v) is 1.64. The fourth-order valence-electron chi connectivity index (χ4n) is 1.64. The van der Waals surface area contributed by atoms with E-state index in [0.29, 0.717) is 12.2 Å². The summed E-state index contributed by atoms with van der Waals surface area (Å²) in [7, 11) is 0. The number of carbonyl (C=O) groups is 1. The molecule has 0 bridgehead atoms. The summed E-state index contributed by atoms with van der Waals surface area (Å²) in [4.78, 5) is 11.9. The number of ether oxygens (including phenoxy) is 2. The van der Waals surface area contributed by atoms with E-state index in [-0.39, 0.29) is 24.6 Å². The molecule has 0 fully saturated rings. The third kappa shape index (κ3) is 4.94. The number of benzene rings is 1. The minimum Gasteiger partial charge on any atom is -0.435 e. The number of Topliss-reactive ketones (excluding diaryl/α,β-unsaturated/α-hetero) is 1. The lowest BCUT2D eigenvalue weighted by molar-refractivity contribution is -0.120. The van der Waals surface area contributed by atoms with Crippen LogP contribution in [0.25, 0.3) is 0 Å². The van der Waals surface area contributed by atoms with Crippen LogP contribution in [0.2, 0.25) is 0 Å². The van der Waals surface area contributed by atoms with E-state index >= 15 is 0 Å². The highest BCUT2D eigenvalue weighted by atomic mass is 19.3. The number of hydrogen-bond acceptors (Lipinski definition) is 4. The molecule has 1 atom stereocenters. The van der Waals surface area contributed by atoms with Gasteiger partial charge >= 0.3 is 6.61 Å². The molecule has 1 unspecified atom stereocenters. The van der Waals surface area contributed by atoms with Gasteiger partial charge in [-0.1, -0.05) is 12.1 Å². The van der Waals surface area contributed by atoms with E-state index in [0.717, 1.165) is 0 Å². The van der Waals surface area contributed by atoms with Crippen LogP contribution in [0.1, 0.15) is 24.8 Å². The average molecular weight is 283 g/mol. The predicted molar refractivity (Wildman–Crippen MR) is 67.5 cm³/mol. The molecule has 108 valence electrons. The zero-order valence-corrected chi connectivity index (χ0v) is 11.0. The summed E-state index contributed by atoms with van der Waals surface area (Å²) < 4.78 is 33.3. The van der Waals surface area contributed by atoms with Gasteiger partial charge < -0.3 is 9.47 Å². The number of alkyl halides is 2. The van der Waals surface area contributed by atoms with Gasteiger partial charge in [-0.25, -0.2) is 0 Å². The Bertz CT molecular complexity index is 468. The molecule has 1 aromatic rings. The minimum absolute atomic E-state index is 0.0118. The van der Waals surface area contributed by atoms with Crippen molar-refractivity contribution in [1.82, 2.24) is 0 Å². The van der Waals surface area contributed by atoms with Gasteiger partial charge in [0.05, 0.1) is 12.7 Å². The molecule has 0 N–H and O–H groups in total. The first-order valence-electron chi connectivity index (χ1n) is 6.13. The molecule has 1 aromatic carbocycles. The van der Waals surface area contributed by atoms with Crippen molar-refractivity contribution in [2.45, 2.75) is 25.9 Å². The van der Waals surface area contributed by atoms with Gasteiger partial charge in [-0.05, 0) is 24.6 Å². The molecule has 0 aliphatic rings. The van der Waals surface area contributed by atoms with Gasteiger partial charge in [-0.3, -0.25) is 4.79 Å². The Hall–Kier alpha value is -2.00. The zero-order chi connectivity index (χ0) is 15.0. The molecule has 0 spiro atoms. The van der Waals surface area contributed by atoms with Crippen LogP contribution < -0.4 is 4.74 Å². The maximum Gasteiger partial charge on any atom is 0.387 e. The van der Waals surface area contributed by atoms with Crippen molar-refractivity contribution >= 4 is 5.78 Å². The summed E-state index contributed by atoms with van der Waals surface area (Å²) in [5, 5.41) is 9.06. The number of nitrogens with zero attached hydrogens (tertiary/aromatic N) is 1. The Kier molecular flexibility index (Phi) is 6.60. The normalized spacial score (nSPS) is 11.9. The smallest absolute Gasteiger partial charge is 0.387 e. The van der Waals surface area contributed by atoms with E-state index in [1.54, 1.807) is 0 Å². The van der Waals surface area contributed by atoms with Crippen molar-refractivity contribution in [3.05, 3.63) is 29.8 Å². The van der Waals surface area contributed by atoms with E-state index in [1.807, 2.05) is 13.0 Å². The monoisotopic (exact) mass is 283 g/mol. The van der Waals surface area contributed by atoms with Crippen molar-refractivity contribution < 1.29 is 23.0 Å². The first-order valence-corrected chi connectivity index (χ1v) is 6.13. The molecule has 0 saturated heterocycles. The summed E-state index contributed by atoms with van der Waals surface area (Å²) in [6.45, 7) is -0.321. The second-order valence-electron chi connectivity index (χ2n) is 3.92. The summed E-state index contributed by atoms with van der Waals surface area (Å²) in [5.41, 5.74) is 0.454. The van der Waals surface area contributed by atoms with Crippen LogP contribution in [0.4, 0.5) is 8.78 Å². The lowest BCUT2D eigenvalue weighted by Crippen LogP contribution is -2.13. The average Bonchev–Trinajstić information content (AvgIpc) is 2.41. The van der Waals surface area contributed by atoms with Gasteiger partial charge in [0, 0.05) is 13.0 Å². The Balaban J connectivity index is 2.70. The second-order valence-corrected chi connectivity index (χ2v) is 3.92. The largest absolute Gasteiger partial charge is 0.435 e. The number of carbonyl (C=O) groups excluding carboxylic acids is 1. The van der Waals surface area contributed by atoms with Crippen LogP contribution in [-0.2, 0) is 9.53 Å². The summed E-state index contributed by atoms with van der Waals surface area (Å²) >= 11 is 0. The third-order valence-electron chi connectivity index (χ3n) is 2.59. The highest BCUT2D eigenvalue weighted by Gasteiger charge is 2.19. The van der Waals surface area contributed by atoms with E-state index in [4.69, 9.17) is 10.00 Å². The fraction of sp³-hybridized carbons (Fsp3) is 0.429. The maximum atomic E-state index is 12.0. The molecule has 0 saturated carbocycles. The van der Waals surface area contributed by atoms with E-state index in [2.05, 4.69) is 4.74 Å². The molecule has 0 aliphatic carbocycles. The number of halogens is 2. The van der Waals surface area contributed by atoms with Crippen LogP contribution in [-0.4, -0.2) is 25.6 Å². The van der Waals surface area contributed by atoms with Gasteiger partial charge in [0.1, 0.15) is 11.7 Å². The van der Waals surface area contributed by atoms with Crippen LogP contribution in [0, 0.1) is 11.3 Å². The molecule has 0 aromatic heterocycles. The molecule has 1 rings (SSSR count). The van der Waals surface area contributed by atoms with Gasteiger partial charge in [-0.2, -0.15) is 14.0 Å². The molecule has 6 heteroatoms. The first kappa shape index (κ1) is 16.1. The van der Waals surface area contributed by atoms with Crippen molar-refractivity contribution in [2.75, 3.05) is 13.2 Å². The Morgan fingerprint density at radius 1 is 1.35 bits per heavy atom. The lowest BCUT2D eigenvalue weighted by Gasteiger charge is -2.10.